The molecular weight excluding hydrogens is 346 g/mol. The molecule has 0 bridgehead atoms. The minimum Gasteiger partial charge on any atom is -0.481 e. The molecule has 134 valence electrons. The van der Waals surface area contributed by atoms with Crippen molar-refractivity contribution in [3.8, 4) is 0 Å². The normalized spacial score (nSPS) is 19.9. The zero-order valence-electron chi connectivity index (χ0n) is 14.5. The first-order valence-corrected chi connectivity index (χ1v) is 10.0. The molecule has 0 fully saturated rings. The van der Waals surface area contributed by atoms with E-state index in [1.54, 1.807) is 0 Å². The van der Waals surface area contributed by atoms with Crippen molar-refractivity contribution in [1.82, 2.24) is 4.90 Å². The zero-order chi connectivity index (χ0) is 18.1. The van der Waals surface area contributed by atoms with Crippen LogP contribution in [0.5, 0.6) is 0 Å². The van der Waals surface area contributed by atoms with E-state index in [2.05, 4.69) is 24.3 Å². The van der Waals surface area contributed by atoms with Crippen LogP contribution in [-0.4, -0.2) is 33.0 Å². The summed E-state index contributed by atoms with van der Waals surface area (Å²) in [6.07, 6.45) is 3.86. The van der Waals surface area contributed by atoms with Crippen molar-refractivity contribution >= 4 is 34.4 Å². The second-order valence-electron chi connectivity index (χ2n) is 6.84. The molecule has 1 heterocycles. The van der Waals surface area contributed by atoms with Crippen molar-refractivity contribution in [3.63, 3.8) is 0 Å². The van der Waals surface area contributed by atoms with Gasteiger partial charge in [-0.2, -0.15) is 0 Å². The number of carbonyl (C=O) groups excluding carboxylic acids is 1. The Labute approximate surface area is 156 Å². The summed E-state index contributed by atoms with van der Waals surface area (Å²) >= 11 is 1.36. The lowest BCUT2D eigenvalue weighted by Crippen LogP contribution is -2.33. The predicted molar refractivity (Wildman–Crippen MR) is 104 cm³/mol. The van der Waals surface area contributed by atoms with Crippen LogP contribution < -0.4 is 0 Å². The first kappa shape index (κ1) is 17.2. The Morgan fingerprint density at radius 3 is 2.73 bits per heavy atom. The smallest absolute Gasteiger partial charge is 0.313 e. The Bertz CT molecular complexity index is 900. The van der Waals surface area contributed by atoms with Gasteiger partial charge in [-0.3, -0.25) is 9.59 Å². The number of hydrogen-bond acceptors (Lipinski definition) is 3. The van der Waals surface area contributed by atoms with Crippen LogP contribution in [0, 0.1) is 0 Å². The van der Waals surface area contributed by atoms with E-state index >= 15 is 0 Å². The van der Waals surface area contributed by atoms with Gasteiger partial charge < -0.3 is 10.0 Å². The van der Waals surface area contributed by atoms with Crippen molar-refractivity contribution in [2.75, 3.05) is 5.75 Å². The number of fused-ring (bicyclic) bond motifs is 1. The van der Waals surface area contributed by atoms with Crippen LogP contribution in [0.2, 0.25) is 0 Å². The van der Waals surface area contributed by atoms with Crippen LogP contribution in [0.25, 0.3) is 10.8 Å². The molecule has 0 saturated carbocycles. The van der Waals surface area contributed by atoms with Gasteiger partial charge >= 0.3 is 5.97 Å². The van der Waals surface area contributed by atoms with Gasteiger partial charge in [0.1, 0.15) is 5.37 Å². The van der Waals surface area contributed by atoms with Crippen molar-refractivity contribution in [1.29, 1.82) is 0 Å². The molecule has 5 heteroatoms. The number of benzene rings is 2. The van der Waals surface area contributed by atoms with Crippen LogP contribution in [-0.2, 0) is 16.1 Å². The molecule has 2 aliphatic rings. The topological polar surface area (TPSA) is 57.6 Å². The van der Waals surface area contributed by atoms with E-state index in [-0.39, 0.29) is 17.0 Å². The van der Waals surface area contributed by atoms with Crippen molar-refractivity contribution in [2.24, 2.45) is 0 Å². The zero-order valence-corrected chi connectivity index (χ0v) is 15.3. The first-order valence-electron chi connectivity index (χ1n) is 8.98. The summed E-state index contributed by atoms with van der Waals surface area (Å²) in [5.74, 6) is -0.728. The molecule has 26 heavy (non-hydrogen) atoms. The number of carboxylic acid groups (broad SMARTS) is 1. The second kappa shape index (κ2) is 7.16. The predicted octanol–water partition coefficient (Wildman–Crippen LogP) is 4.20. The summed E-state index contributed by atoms with van der Waals surface area (Å²) in [6.45, 7) is 0.518. The molecule has 0 spiro atoms. The molecule has 1 aliphatic heterocycles. The summed E-state index contributed by atoms with van der Waals surface area (Å²) in [5, 5.41) is 11.3. The lowest BCUT2D eigenvalue weighted by atomic mass is 9.94. The number of carboxylic acids is 1. The maximum Gasteiger partial charge on any atom is 0.313 e. The molecule has 1 N–H and O–H groups in total. The molecule has 0 radical (unpaired) electrons. The summed E-state index contributed by atoms with van der Waals surface area (Å²) in [6, 6.07) is 14.3. The summed E-state index contributed by atoms with van der Waals surface area (Å²) in [7, 11) is 0. The maximum atomic E-state index is 13.0. The molecule has 1 aliphatic carbocycles. The van der Waals surface area contributed by atoms with Gasteiger partial charge in [0.15, 0.2) is 0 Å². The van der Waals surface area contributed by atoms with E-state index in [9.17, 15) is 9.59 Å². The molecule has 1 atom stereocenters. The Morgan fingerprint density at radius 2 is 1.88 bits per heavy atom. The number of thioether (sulfide) groups is 1. The van der Waals surface area contributed by atoms with Crippen LogP contribution in [0.4, 0.5) is 0 Å². The fourth-order valence-corrected chi connectivity index (χ4v) is 5.13. The van der Waals surface area contributed by atoms with Gasteiger partial charge in [0, 0.05) is 12.1 Å². The number of carbonyl (C=O) groups is 2. The summed E-state index contributed by atoms with van der Waals surface area (Å²) in [4.78, 5) is 26.0. The van der Waals surface area contributed by atoms with Crippen molar-refractivity contribution in [2.45, 2.75) is 37.6 Å². The van der Waals surface area contributed by atoms with Gasteiger partial charge in [-0.1, -0.05) is 42.5 Å². The highest BCUT2D eigenvalue weighted by Gasteiger charge is 2.40. The van der Waals surface area contributed by atoms with E-state index in [1.165, 1.54) is 11.8 Å². The highest BCUT2D eigenvalue weighted by atomic mass is 32.2. The van der Waals surface area contributed by atoms with Crippen molar-refractivity contribution < 1.29 is 14.7 Å². The molecule has 2 aromatic rings. The fourth-order valence-electron chi connectivity index (χ4n) is 4.02. The lowest BCUT2D eigenvalue weighted by molar-refractivity contribution is -0.134. The Kier molecular flexibility index (Phi) is 4.72. The number of nitrogens with zero attached hydrogens (tertiary/aromatic N) is 1. The molecule has 2 aromatic carbocycles. The number of hydrogen-bond donors (Lipinski definition) is 1. The Balaban J connectivity index is 1.67. The standard InChI is InChI=1S/C21H21NO3S/c23-19(24)13-26-21-18-11-4-3-10-17(18)20(25)22(21)12-15-8-5-7-14-6-1-2-9-16(14)15/h1-2,5-9,21H,3-4,10-13H2,(H,23,24). The van der Waals surface area contributed by atoms with Crippen LogP contribution >= 0.6 is 11.8 Å². The molecule has 0 saturated heterocycles. The van der Waals surface area contributed by atoms with Crippen LogP contribution in [0.1, 0.15) is 31.2 Å². The fraction of sp³-hybridized carbons (Fsp3) is 0.333. The average molecular weight is 367 g/mol. The number of aliphatic carboxylic acids is 1. The molecule has 4 nitrogen and oxygen atoms in total. The molecule has 0 aromatic heterocycles. The van der Waals surface area contributed by atoms with E-state index < -0.39 is 5.97 Å². The maximum absolute atomic E-state index is 13.0. The van der Waals surface area contributed by atoms with Gasteiger partial charge in [0.2, 0.25) is 0 Å². The van der Waals surface area contributed by atoms with Gasteiger partial charge in [-0.15, -0.1) is 11.8 Å². The Hall–Kier alpha value is -2.27. The minimum absolute atomic E-state index is 0.0146. The minimum atomic E-state index is -0.836. The molecule has 4 rings (SSSR count). The lowest BCUT2D eigenvalue weighted by Gasteiger charge is -2.27. The monoisotopic (exact) mass is 367 g/mol. The Morgan fingerprint density at radius 1 is 1.12 bits per heavy atom. The average Bonchev–Trinajstić information content (AvgIpc) is 2.92. The highest BCUT2D eigenvalue weighted by Crippen LogP contribution is 2.42. The molecule has 1 unspecified atom stereocenters. The van der Waals surface area contributed by atoms with E-state index in [0.29, 0.717) is 6.54 Å². The van der Waals surface area contributed by atoms with Gasteiger partial charge in [-0.25, -0.2) is 0 Å². The summed E-state index contributed by atoms with van der Waals surface area (Å²) < 4.78 is 0. The van der Waals surface area contributed by atoms with E-state index in [0.717, 1.165) is 53.2 Å². The van der Waals surface area contributed by atoms with E-state index in [1.807, 2.05) is 23.1 Å². The third kappa shape index (κ3) is 3.12. The second-order valence-corrected chi connectivity index (χ2v) is 7.91. The van der Waals surface area contributed by atoms with Crippen LogP contribution in [0.15, 0.2) is 53.6 Å². The van der Waals surface area contributed by atoms with Crippen molar-refractivity contribution in [3.05, 3.63) is 59.2 Å². The van der Waals surface area contributed by atoms with E-state index in [4.69, 9.17) is 5.11 Å². The largest absolute Gasteiger partial charge is 0.481 e. The van der Waals surface area contributed by atoms with Gasteiger partial charge in [0.05, 0.1) is 5.75 Å². The number of amides is 1. The number of rotatable bonds is 5. The summed E-state index contributed by atoms with van der Waals surface area (Å²) in [5.41, 5.74) is 3.20. The quantitative estimate of drug-likeness (QED) is 0.861. The third-order valence-electron chi connectivity index (χ3n) is 5.20. The SMILES string of the molecule is O=C(O)CSC1C2=C(CCCC2)C(=O)N1Cc1cccc2ccccc12. The highest BCUT2D eigenvalue weighted by molar-refractivity contribution is 8.00. The van der Waals surface area contributed by atoms with Gasteiger partial charge in [0.25, 0.3) is 5.91 Å². The van der Waals surface area contributed by atoms with Gasteiger partial charge in [-0.05, 0) is 47.6 Å². The third-order valence-corrected chi connectivity index (χ3v) is 6.46. The first-order chi connectivity index (χ1) is 12.6. The molecular formula is C21H21NO3S. The van der Waals surface area contributed by atoms with Crippen LogP contribution in [0.3, 0.4) is 0 Å². The molecule has 1 amide bonds.